The summed E-state index contributed by atoms with van der Waals surface area (Å²) in [6.45, 7) is 3.34. The van der Waals surface area contributed by atoms with E-state index in [0.717, 1.165) is 15.8 Å². The molecule has 140 valence electrons. The average Bonchev–Trinajstić information content (AvgIpc) is 3.24. The molecule has 0 aliphatic rings. The van der Waals surface area contributed by atoms with Crippen molar-refractivity contribution in [2.45, 2.75) is 26.5 Å². The Morgan fingerprint density at radius 1 is 1.22 bits per heavy atom. The normalized spacial score (nSPS) is 12.0. The Hall–Kier alpha value is -2.45. The lowest BCUT2D eigenvalue weighted by Gasteiger charge is -2.10. The molecule has 0 fully saturated rings. The number of Topliss-reactive ketones (excluding diaryl/α,β-unsaturated/α-hetero) is 1. The fraction of sp³-hybridized carbons (Fsp3) is 0.211. The second-order valence-electron chi connectivity index (χ2n) is 5.95. The van der Waals surface area contributed by atoms with Crippen LogP contribution in [0.5, 0.6) is 0 Å². The summed E-state index contributed by atoms with van der Waals surface area (Å²) in [6, 6.07) is 10.9. The van der Waals surface area contributed by atoms with Gasteiger partial charge in [-0.2, -0.15) is 0 Å². The summed E-state index contributed by atoms with van der Waals surface area (Å²) in [5.41, 5.74) is 1.07. The Morgan fingerprint density at radius 3 is 2.67 bits per heavy atom. The number of thiophene rings is 1. The van der Waals surface area contributed by atoms with Crippen molar-refractivity contribution in [2.75, 3.05) is 0 Å². The predicted octanol–water partition coefficient (Wildman–Crippen LogP) is 4.06. The van der Waals surface area contributed by atoms with Gasteiger partial charge >= 0.3 is 5.97 Å². The van der Waals surface area contributed by atoms with Crippen LogP contribution in [0.1, 0.15) is 38.9 Å². The number of aromatic nitrogens is 1. The van der Waals surface area contributed by atoms with Gasteiger partial charge in [0, 0.05) is 22.7 Å². The molecule has 1 aromatic carbocycles. The fourth-order valence-electron chi connectivity index (χ4n) is 2.54. The molecular formula is C19H17BrN2O4S. The predicted molar refractivity (Wildman–Crippen MR) is 107 cm³/mol. The van der Waals surface area contributed by atoms with Gasteiger partial charge in [0.15, 0.2) is 6.10 Å². The highest BCUT2D eigenvalue weighted by Crippen LogP contribution is 2.28. The standard InChI is InChI=1S/C19H17BrN2O4S/c1-10(18(24)15-8-7-12(27-15)9-21-11(2)23)26-19(25)17-16(20)13-5-3-4-6-14(13)22-17/h3-8,10,22H,9H2,1-2H3,(H,21,23). The molecule has 0 saturated carbocycles. The number of carbonyl (C=O) groups is 3. The lowest BCUT2D eigenvalue weighted by molar-refractivity contribution is -0.119. The fourth-order valence-corrected chi connectivity index (χ4v) is 4.11. The van der Waals surface area contributed by atoms with Gasteiger partial charge < -0.3 is 15.0 Å². The van der Waals surface area contributed by atoms with E-state index in [-0.39, 0.29) is 17.4 Å². The number of esters is 1. The number of halogens is 1. The molecule has 0 radical (unpaired) electrons. The van der Waals surface area contributed by atoms with Gasteiger partial charge in [0.25, 0.3) is 0 Å². The van der Waals surface area contributed by atoms with Crippen molar-refractivity contribution in [3.63, 3.8) is 0 Å². The molecule has 0 aliphatic heterocycles. The Balaban J connectivity index is 1.69. The first kappa shape index (κ1) is 19.3. The van der Waals surface area contributed by atoms with Crippen molar-refractivity contribution >= 4 is 55.8 Å². The van der Waals surface area contributed by atoms with Crippen LogP contribution in [0.3, 0.4) is 0 Å². The van der Waals surface area contributed by atoms with Crippen LogP contribution in [0.2, 0.25) is 0 Å². The van der Waals surface area contributed by atoms with Crippen LogP contribution >= 0.6 is 27.3 Å². The molecular weight excluding hydrogens is 432 g/mol. The van der Waals surface area contributed by atoms with E-state index in [0.29, 0.717) is 15.9 Å². The first-order valence-corrected chi connectivity index (χ1v) is 9.82. The van der Waals surface area contributed by atoms with Gasteiger partial charge in [-0.1, -0.05) is 18.2 Å². The van der Waals surface area contributed by atoms with Crippen LogP contribution in [0.25, 0.3) is 10.9 Å². The van der Waals surface area contributed by atoms with Crippen molar-refractivity contribution in [1.82, 2.24) is 10.3 Å². The van der Waals surface area contributed by atoms with Gasteiger partial charge in [-0.15, -0.1) is 11.3 Å². The van der Waals surface area contributed by atoms with Crippen LogP contribution in [-0.2, 0) is 16.1 Å². The highest BCUT2D eigenvalue weighted by atomic mass is 79.9. The Morgan fingerprint density at radius 2 is 1.96 bits per heavy atom. The maximum Gasteiger partial charge on any atom is 0.356 e. The van der Waals surface area contributed by atoms with E-state index in [1.54, 1.807) is 19.1 Å². The molecule has 1 atom stereocenters. The Kier molecular flexibility index (Phi) is 5.76. The number of H-pyrrole nitrogens is 1. The SMILES string of the molecule is CC(=O)NCc1ccc(C(=O)C(C)OC(=O)c2[nH]c3ccccc3c2Br)s1. The Labute approximate surface area is 168 Å². The summed E-state index contributed by atoms with van der Waals surface area (Å²) in [7, 11) is 0. The summed E-state index contributed by atoms with van der Waals surface area (Å²) in [4.78, 5) is 40.3. The molecule has 8 heteroatoms. The highest BCUT2D eigenvalue weighted by Gasteiger charge is 2.24. The molecule has 0 saturated heterocycles. The number of hydrogen-bond acceptors (Lipinski definition) is 5. The summed E-state index contributed by atoms with van der Waals surface area (Å²) >= 11 is 4.68. The summed E-state index contributed by atoms with van der Waals surface area (Å²) < 4.78 is 5.97. The largest absolute Gasteiger partial charge is 0.450 e. The molecule has 3 aromatic rings. The van der Waals surface area contributed by atoms with Crippen LogP contribution in [0.4, 0.5) is 0 Å². The third kappa shape index (κ3) is 4.28. The summed E-state index contributed by atoms with van der Waals surface area (Å²) in [6.07, 6.45) is -0.928. The second kappa shape index (κ2) is 8.06. The van der Waals surface area contributed by atoms with Crippen LogP contribution < -0.4 is 5.32 Å². The molecule has 3 rings (SSSR count). The number of fused-ring (bicyclic) bond motifs is 1. The topological polar surface area (TPSA) is 88.3 Å². The van der Waals surface area contributed by atoms with Crippen LogP contribution in [0.15, 0.2) is 40.9 Å². The van der Waals surface area contributed by atoms with Gasteiger partial charge in [0.1, 0.15) is 5.69 Å². The first-order chi connectivity index (χ1) is 12.9. The van der Waals surface area contributed by atoms with E-state index in [9.17, 15) is 14.4 Å². The maximum absolute atomic E-state index is 12.5. The monoisotopic (exact) mass is 448 g/mol. The van der Waals surface area contributed by atoms with E-state index >= 15 is 0 Å². The number of carbonyl (C=O) groups excluding carboxylic acids is 3. The van der Waals surface area contributed by atoms with Crippen LogP contribution in [0, 0.1) is 0 Å². The van der Waals surface area contributed by atoms with Crippen LogP contribution in [-0.4, -0.2) is 28.7 Å². The molecule has 0 aliphatic carbocycles. The van der Waals surface area contributed by atoms with E-state index in [4.69, 9.17) is 4.74 Å². The Bertz CT molecular complexity index is 1020. The highest BCUT2D eigenvalue weighted by molar-refractivity contribution is 9.10. The number of nitrogens with one attached hydrogen (secondary N) is 2. The number of ether oxygens (including phenoxy) is 1. The number of rotatable bonds is 6. The van der Waals surface area contributed by atoms with Gasteiger partial charge in [-0.05, 0) is 41.1 Å². The van der Waals surface area contributed by atoms with Gasteiger partial charge in [0.05, 0.1) is 15.9 Å². The van der Waals surface area contributed by atoms with Crippen molar-refractivity contribution < 1.29 is 19.1 Å². The van der Waals surface area contributed by atoms with Gasteiger partial charge in [0.2, 0.25) is 11.7 Å². The third-order valence-electron chi connectivity index (χ3n) is 3.92. The molecule has 27 heavy (non-hydrogen) atoms. The number of benzene rings is 1. The molecule has 0 spiro atoms. The smallest absolute Gasteiger partial charge is 0.356 e. The summed E-state index contributed by atoms with van der Waals surface area (Å²) in [5, 5.41) is 3.55. The maximum atomic E-state index is 12.5. The molecule has 6 nitrogen and oxygen atoms in total. The molecule has 1 unspecified atom stereocenters. The van der Waals surface area contributed by atoms with E-state index in [2.05, 4.69) is 26.2 Å². The lowest BCUT2D eigenvalue weighted by atomic mass is 10.2. The van der Waals surface area contributed by atoms with Gasteiger partial charge in [-0.3, -0.25) is 9.59 Å². The zero-order chi connectivity index (χ0) is 19.6. The van der Waals surface area contributed by atoms with Crippen molar-refractivity contribution in [3.05, 3.63) is 56.3 Å². The van der Waals surface area contributed by atoms with E-state index < -0.39 is 12.1 Å². The molecule has 2 aromatic heterocycles. The quantitative estimate of drug-likeness (QED) is 0.439. The van der Waals surface area contributed by atoms with Gasteiger partial charge in [-0.25, -0.2) is 4.79 Å². The van der Waals surface area contributed by atoms with Crippen molar-refractivity contribution in [3.8, 4) is 0 Å². The van der Waals surface area contributed by atoms with Crippen molar-refractivity contribution in [2.24, 2.45) is 0 Å². The second-order valence-corrected chi connectivity index (χ2v) is 7.91. The number of aromatic amines is 1. The zero-order valence-corrected chi connectivity index (χ0v) is 17.1. The van der Waals surface area contributed by atoms with E-state index in [1.165, 1.54) is 18.3 Å². The molecule has 0 bridgehead atoms. The summed E-state index contributed by atoms with van der Waals surface area (Å²) in [5.74, 6) is -1.02. The number of amides is 1. The zero-order valence-electron chi connectivity index (χ0n) is 14.7. The molecule has 2 N–H and O–H groups in total. The number of hydrogen-bond donors (Lipinski definition) is 2. The molecule has 1 amide bonds. The first-order valence-electron chi connectivity index (χ1n) is 8.21. The van der Waals surface area contributed by atoms with E-state index in [1.807, 2.05) is 24.3 Å². The number of para-hydroxylation sites is 1. The lowest BCUT2D eigenvalue weighted by Crippen LogP contribution is -2.24. The number of ketones is 1. The minimum Gasteiger partial charge on any atom is -0.450 e. The average molecular weight is 449 g/mol. The minimum absolute atomic E-state index is 0.137. The third-order valence-corrected chi connectivity index (χ3v) is 5.84. The minimum atomic E-state index is -0.928. The van der Waals surface area contributed by atoms with Crippen molar-refractivity contribution in [1.29, 1.82) is 0 Å². The molecule has 2 heterocycles.